The van der Waals surface area contributed by atoms with Gasteiger partial charge >= 0.3 is 0 Å². The summed E-state index contributed by atoms with van der Waals surface area (Å²) in [6.07, 6.45) is 1.84. The fourth-order valence-electron chi connectivity index (χ4n) is 2.49. The van der Waals surface area contributed by atoms with E-state index in [0.717, 1.165) is 21.1 Å². The van der Waals surface area contributed by atoms with Crippen LogP contribution in [0, 0.1) is 0 Å². The zero-order chi connectivity index (χ0) is 16.9. The Labute approximate surface area is 149 Å². The molecule has 2 heterocycles. The molecule has 24 heavy (non-hydrogen) atoms. The molecule has 0 bridgehead atoms. The molecule has 0 saturated heterocycles. The van der Waals surface area contributed by atoms with E-state index in [4.69, 9.17) is 0 Å². The molecular formula is C18H19N3OS2. The molecule has 124 valence electrons. The topological polar surface area (TPSA) is 46.9 Å². The highest BCUT2D eigenvalue weighted by atomic mass is 32.2. The smallest absolute Gasteiger partial charge is 0.230 e. The molecule has 0 aliphatic carbocycles. The molecule has 1 amide bonds. The van der Waals surface area contributed by atoms with Crippen molar-refractivity contribution in [1.82, 2.24) is 14.9 Å². The van der Waals surface area contributed by atoms with Crippen LogP contribution in [-0.2, 0) is 11.3 Å². The molecule has 0 aliphatic heterocycles. The number of para-hydroxylation sites is 2. The van der Waals surface area contributed by atoms with Gasteiger partial charge in [-0.15, -0.1) is 17.9 Å². The number of fused-ring (bicyclic) bond motifs is 1. The van der Waals surface area contributed by atoms with Crippen molar-refractivity contribution in [2.75, 3.05) is 5.75 Å². The van der Waals surface area contributed by atoms with Gasteiger partial charge in [-0.2, -0.15) is 0 Å². The zero-order valence-electron chi connectivity index (χ0n) is 13.4. The van der Waals surface area contributed by atoms with E-state index in [1.54, 1.807) is 11.3 Å². The van der Waals surface area contributed by atoms with Crippen molar-refractivity contribution in [3.8, 4) is 0 Å². The Balaban J connectivity index is 1.67. The lowest BCUT2D eigenvalue weighted by Gasteiger charge is -2.12. The number of nitrogens with zero attached hydrogens (tertiary/aromatic N) is 2. The van der Waals surface area contributed by atoms with Crippen molar-refractivity contribution in [2.24, 2.45) is 0 Å². The van der Waals surface area contributed by atoms with Crippen LogP contribution in [0.25, 0.3) is 11.0 Å². The van der Waals surface area contributed by atoms with Crippen molar-refractivity contribution >= 4 is 40.0 Å². The van der Waals surface area contributed by atoms with Crippen LogP contribution in [0.15, 0.2) is 59.6 Å². The van der Waals surface area contributed by atoms with E-state index >= 15 is 0 Å². The molecule has 1 aromatic carbocycles. The summed E-state index contributed by atoms with van der Waals surface area (Å²) < 4.78 is 2.09. The van der Waals surface area contributed by atoms with Crippen LogP contribution in [0.1, 0.15) is 17.8 Å². The van der Waals surface area contributed by atoms with Crippen LogP contribution in [0.4, 0.5) is 0 Å². The maximum absolute atomic E-state index is 12.2. The van der Waals surface area contributed by atoms with Gasteiger partial charge in [-0.25, -0.2) is 4.98 Å². The van der Waals surface area contributed by atoms with E-state index < -0.39 is 0 Å². The maximum atomic E-state index is 12.2. The summed E-state index contributed by atoms with van der Waals surface area (Å²) in [5, 5.41) is 5.89. The van der Waals surface area contributed by atoms with Gasteiger partial charge in [0.05, 0.1) is 22.8 Å². The van der Waals surface area contributed by atoms with Gasteiger partial charge in [-0.05, 0) is 30.5 Å². The van der Waals surface area contributed by atoms with Crippen molar-refractivity contribution < 1.29 is 4.79 Å². The molecule has 0 spiro atoms. The molecule has 3 rings (SSSR count). The van der Waals surface area contributed by atoms with Crippen molar-refractivity contribution in [1.29, 1.82) is 0 Å². The van der Waals surface area contributed by atoms with Crippen LogP contribution < -0.4 is 5.32 Å². The number of thiophene rings is 1. The molecule has 6 heteroatoms. The lowest BCUT2D eigenvalue weighted by atomic mass is 10.3. The van der Waals surface area contributed by atoms with Gasteiger partial charge in [0.15, 0.2) is 5.16 Å². The van der Waals surface area contributed by atoms with Gasteiger partial charge in [0.2, 0.25) is 5.91 Å². The number of benzene rings is 1. The Kier molecular flexibility index (Phi) is 5.37. The average molecular weight is 358 g/mol. The molecule has 0 radical (unpaired) electrons. The molecule has 0 fully saturated rings. The molecule has 1 unspecified atom stereocenters. The summed E-state index contributed by atoms with van der Waals surface area (Å²) in [7, 11) is 0. The molecule has 0 saturated carbocycles. The third-order valence-electron chi connectivity index (χ3n) is 3.61. The quantitative estimate of drug-likeness (QED) is 0.508. The van der Waals surface area contributed by atoms with Gasteiger partial charge in [-0.1, -0.05) is 36.0 Å². The standard InChI is InChI=1S/C18H19N3OS2/c1-3-10-21-15-8-5-4-7-14(15)20-18(21)24-12-17(22)19-13(2)16-9-6-11-23-16/h3-9,11,13H,1,10,12H2,2H3,(H,19,22). The molecule has 1 N–H and O–H groups in total. The minimum Gasteiger partial charge on any atom is -0.348 e. The first kappa shape index (κ1) is 16.8. The fourth-order valence-corrected chi connectivity index (χ4v) is 4.06. The zero-order valence-corrected chi connectivity index (χ0v) is 15.1. The summed E-state index contributed by atoms with van der Waals surface area (Å²) in [4.78, 5) is 18.0. The Hall–Kier alpha value is -2.05. The second-order valence-electron chi connectivity index (χ2n) is 5.38. The van der Waals surface area contributed by atoms with E-state index in [1.807, 2.05) is 54.8 Å². The number of amides is 1. The first-order chi connectivity index (χ1) is 11.7. The molecule has 1 atom stereocenters. The van der Waals surface area contributed by atoms with Crippen LogP contribution >= 0.6 is 23.1 Å². The second kappa shape index (κ2) is 7.68. The number of nitrogens with one attached hydrogen (secondary N) is 1. The molecule has 4 nitrogen and oxygen atoms in total. The highest BCUT2D eigenvalue weighted by molar-refractivity contribution is 7.99. The summed E-state index contributed by atoms with van der Waals surface area (Å²) >= 11 is 3.11. The first-order valence-electron chi connectivity index (χ1n) is 7.70. The summed E-state index contributed by atoms with van der Waals surface area (Å²) in [6.45, 7) is 6.49. The van der Waals surface area contributed by atoms with Gasteiger partial charge in [-0.3, -0.25) is 4.79 Å². The number of allylic oxidation sites excluding steroid dienone is 1. The third-order valence-corrected chi connectivity index (χ3v) is 5.64. The van der Waals surface area contributed by atoms with Crippen molar-refractivity contribution in [2.45, 2.75) is 24.7 Å². The number of hydrogen-bond acceptors (Lipinski definition) is 4. The highest BCUT2D eigenvalue weighted by Crippen LogP contribution is 2.24. The van der Waals surface area contributed by atoms with E-state index in [9.17, 15) is 4.79 Å². The van der Waals surface area contributed by atoms with Crippen LogP contribution in [0.3, 0.4) is 0 Å². The largest absolute Gasteiger partial charge is 0.348 e. The minimum atomic E-state index is 0.0121. The number of thioether (sulfide) groups is 1. The third kappa shape index (κ3) is 3.71. The maximum Gasteiger partial charge on any atom is 0.230 e. The number of carbonyl (C=O) groups excluding carboxylic acids is 1. The van der Waals surface area contributed by atoms with E-state index in [0.29, 0.717) is 12.3 Å². The van der Waals surface area contributed by atoms with Gasteiger partial charge in [0, 0.05) is 11.4 Å². The molecule has 0 aliphatic rings. The highest BCUT2D eigenvalue weighted by Gasteiger charge is 2.14. The van der Waals surface area contributed by atoms with Crippen molar-refractivity contribution in [3.05, 3.63) is 59.3 Å². The number of imidazole rings is 1. The van der Waals surface area contributed by atoms with Crippen LogP contribution in [0.2, 0.25) is 0 Å². The number of rotatable bonds is 7. The number of carbonyl (C=O) groups is 1. The Morgan fingerprint density at radius 1 is 1.42 bits per heavy atom. The van der Waals surface area contributed by atoms with E-state index in [2.05, 4.69) is 21.4 Å². The summed E-state index contributed by atoms with van der Waals surface area (Å²) in [5.41, 5.74) is 2.00. The van der Waals surface area contributed by atoms with E-state index in [-0.39, 0.29) is 11.9 Å². The Morgan fingerprint density at radius 3 is 3.00 bits per heavy atom. The average Bonchev–Trinajstić information content (AvgIpc) is 3.22. The minimum absolute atomic E-state index is 0.0121. The summed E-state index contributed by atoms with van der Waals surface area (Å²) in [5.74, 6) is 0.356. The lowest BCUT2D eigenvalue weighted by Crippen LogP contribution is -2.27. The molecule has 2 aromatic heterocycles. The SMILES string of the molecule is C=CCn1c(SCC(=O)NC(C)c2cccs2)nc2ccccc21. The van der Waals surface area contributed by atoms with E-state index in [1.165, 1.54) is 11.8 Å². The van der Waals surface area contributed by atoms with Gasteiger partial charge in [0.1, 0.15) is 0 Å². The second-order valence-corrected chi connectivity index (χ2v) is 7.30. The van der Waals surface area contributed by atoms with Gasteiger partial charge in [0.25, 0.3) is 0 Å². The fraction of sp³-hybridized carbons (Fsp3) is 0.222. The molecular weight excluding hydrogens is 338 g/mol. The number of aromatic nitrogens is 2. The first-order valence-corrected chi connectivity index (χ1v) is 9.57. The Bertz CT molecular complexity index is 839. The van der Waals surface area contributed by atoms with Crippen LogP contribution in [0.5, 0.6) is 0 Å². The monoisotopic (exact) mass is 357 g/mol. The Morgan fingerprint density at radius 2 is 2.25 bits per heavy atom. The summed E-state index contributed by atoms with van der Waals surface area (Å²) in [6, 6.07) is 12.0. The lowest BCUT2D eigenvalue weighted by molar-refractivity contribution is -0.119. The predicted molar refractivity (Wildman–Crippen MR) is 102 cm³/mol. The van der Waals surface area contributed by atoms with Crippen LogP contribution in [-0.4, -0.2) is 21.2 Å². The predicted octanol–water partition coefficient (Wildman–Crippen LogP) is 4.25. The number of hydrogen-bond donors (Lipinski definition) is 1. The normalized spacial score (nSPS) is 12.2. The van der Waals surface area contributed by atoms with Gasteiger partial charge < -0.3 is 9.88 Å². The molecule has 3 aromatic rings. The van der Waals surface area contributed by atoms with Crippen molar-refractivity contribution in [3.63, 3.8) is 0 Å².